The second-order valence-electron chi connectivity index (χ2n) is 4.45. The fraction of sp³-hybridized carbons (Fsp3) is 0.462. The SMILES string of the molecule is CCCNC(=O)C1CNNC1c1ccc(Cl)cc1. The molecule has 98 valence electrons. The lowest BCUT2D eigenvalue weighted by molar-refractivity contribution is -0.124. The number of carbonyl (C=O) groups is 1. The number of nitrogens with one attached hydrogen (secondary N) is 3. The normalized spacial score (nSPS) is 23.0. The molecule has 1 fully saturated rings. The molecule has 0 saturated carbocycles. The topological polar surface area (TPSA) is 53.2 Å². The summed E-state index contributed by atoms with van der Waals surface area (Å²) in [5.74, 6) is 0.00651. The van der Waals surface area contributed by atoms with Crippen molar-refractivity contribution in [3.05, 3.63) is 34.9 Å². The number of amides is 1. The highest BCUT2D eigenvalue weighted by Gasteiger charge is 2.33. The molecular weight excluding hydrogens is 250 g/mol. The van der Waals surface area contributed by atoms with Gasteiger partial charge in [0.15, 0.2) is 0 Å². The number of hydrogen-bond donors (Lipinski definition) is 3. The summed E-state index contributed by atoms with van der Waals surface area (Å²) in [7, 11) is 0. The van der Waals surface area contributed by atoms with Crippen LogP contribution in [0.2, 0.25) is 5.02 Å². The van der Waals surface area contributed by atoms with Crippen LogP contribution in [-0.4, -0.2) is 19.0 Å². The van der Waals surface area contributed by atoms with E-state index >= 15 is 0 Å². The Labute approximate surface area is 112 Å². The molecule has 1 aliphatic rings. The third-order valence-corrected chi connectivity index (χ3v) is 3.35. The third-order valence-electron chi connectivity index (χ3n) is 3.10. The van der Waals surface area contributed by atoms with Crippen LogP contribution < -0.4 is 16.2 Å². The number of benzene rings is 1. The first-order valence-electron chi connectivity index (χ1n) is 6.24. The minimum Gasteiger partial charge on any atom is -0.356 e. The summed E-state index contributed by atoms with van der Waals surface area (Å²) in [5, 5.41) is 3.65. The zero-order chi connectivity index (χ0) is 13.0. The van der Waals surface area contributed by atoms with Gasteiger partial charge in [0.25, 0.3) is 0 Å². The van der Waals surface area contributed by atoms with Crippen molar-refractivity contribution in [2.45, 2.75) is 19.4 Å². The molecule has 1 aromatic carbocycles. The fourth-order valence-electron chi connectivity index (χ4n) is 2.11. The van der Waals surface area contributed by atoms with Crippen LogP contribution in [0, 0.1) is 5.92 Å². The smallest absolute Gasteiger partial charge is 0.226 e. The van der Waals surface area contributed by atoms with Crippen molar-refractivity contribution < 1.29 is 4.79 Å². The van der Waals surface area contributed by atoms with Gasteiger partial charge in [-0.2, -0.15) is 0 Å². The van der Waals surface area contributed by atoms with E-state index in [0.29, 0.717) is 11.6 Å². The molecule has 0 aliphatic carbocycles. The van der Waals surface area contributed by atoms with Crippen LogP contribution in [-0.2, 0) is 4.79 Å². The van der Waals surface area contributed by atoms with Crippen LogP contribution in [0.1, 0.15) is 24.9 Å². The van der Waals surface area contributed by atoms with Gasteiger partial charge in [0.1, 0.15) is 0 Å². The highest BCUT2D eigenvalue weighted by atomic mass is 35.5. The third kappa shape index (κ3) is 3.02. The summed E-state index contributed by atoms with van der Waals surface area (Å²) in [5.41, 5.74) is 7.27. The molecule has 0 bridgehead atoms. The molecule has 0 spiro atoms. The standard InChI is InChI=1S/C13H18ClN3O/c1-2-7-15-13(18)11-8-16-17-12(11)9-3-5-10(14)6-4-9/h3-6,11-12,16-17H,2,7-8H2,1H3,(H,15,18). The zero-order valence-electron chi connectivity index (χ0n) is 10.4. The molecule has 0 aromatic heterocycles. The van der Waals surface area contributed by atoms with Gasteiger partial charge in [-0.1, -0.05) is 30.7 Å². The molecule has 3 N–H and O–H groups in total. The summed E-state index contributed by atoms with van der Waals surface area (Å²) >= 11 is 5.87. The highest BCUT2D eigenvalue weighted by molar-refractivity contribution is 6.30. The van der Waals surface area contributed by atoms with Crippen molar-refractivity contribution in [1.82, 2.24) is 16.2 Å². The largest absolute Gasteiger partial charge is 0.356 e. The number of hydrazine groups is 1. The second kappa shape index (κ2) is 6.18. The molecule has 2 unspecified atom stereocenters. The van der Waals surface area contributed by atoms with Crippen LogP contribution in [0.4, 0.5) is 0 Å². The minimum atomic E-state index is -0.0854. The van der Waals surface area contributed by atoms with E-state index in [4.69, 9.17) is 11.6 Å². The van der Waals surface area contributed by atoms with Crippen molar-refractivity contribution in [1.29, 1.82) is 0 Å². The Hall–Kier alpha value is -1.10. The Morgan fingerprint density at radius 1 is 1.44 bits per heavy atom. The Bertz CT molecular complexity index is 407. The van der Waals surface area contributed by atoms with Gasteiger partial charge >= 0.3 is 0 Å². The van der Waals surface area contributed by atoms with Crippen LogP contribution in [0.25, 0.3) is 0 Å². The van der Waals surface area contributed by atoms with E-state index in [9.17, 15) is 4.79 Å². The maximum Gasteiger partial charge on any atom is 0.226 e. The minimum absolute atomic E-state index is 0.000812. The Kier molecular flexibility index (Phi) is 4.58. The average Bonchev–Trinajstić information content (AvgIpc) is 2.86. The first kappa shape index (κ1) is 13.3. The van der Waals surface area contributed by atoms with Crippen molar-refractivity contribution in [2.75, 3.05) is 13.1 Å². The fourth-order valence-corrected chi connectivity index (χ4v) is 2.23. The summed E-state index contributed by atoms with van der Waals surface area (Å²) in [6.45, 7) is 3.41. The lowest BCUT2D eigenvalue weighted by Gasteiger charge is -2.18. The van der Waals surface area contributed by atoms with E-state index in [0.717, 1.165) is 18.5 Å². The van der Waals surface area contributed by atoms with Gasteiger partial charge in [-0.15, -0.1) is 0 Å². The monoisotopic (exact) mass is 267 g/mol. The van der Waals surface area contributed by atoms with Crippen molar-refractivity contribution in [3.8, 4) is 0 Å². The summed E-state index contributed by atoms with van der Waals surface area (Å²) in [6, 6.07) is 7.59. The van der Waals surface area contributed by atoms with E-state index in [1.54, 1.807) is 0 Å². The molecule has 2 rings (SSSR count). The lowest BCUT2D eigenvalue weighted by atomic mass is 9.94. The molecule has 1 saturated heterocycles. The van der Waals surface area contributed by atoms with Gasteiger partial charge in [0.05, 0.1) is 12.0 Å². The first-order valence-corrected chi connectivity index (χ1v) is 6.61. The molecule has 0 radical (unpaired) electrons. The number of halogens is 1. The molecular formula is C13H18ClN3O. The maximum absolute atomic E-state index is 12.0. The average molecular weight is 268 g/mol. The Morgan fingerprint density at radius 2 is 2.17 bits per heavy atom. The molecule has 1 aliphatic heterocycles. The molecule has 1 heterocycles. The summed E-state index contributed by atoms with van der Waals surface area (Å²) < 4.78 is 0. The van der Waals surface area contributed by atoms with E-state index in [-0.39, 0.29) is 17.9 Å². The predicted octanol–water partition coefficient (Wildman–Crippen LogP) is 1.63. The molecule has 1 amide bonds. The Balaban J connectivity index is 2.07. The quantitative estimate of drug-likeness (QED) is 0.777. The van der Waals surface area contributed by atoms with Gasteiger partial charge in [-0.25, -0.2) is 5.43 Å². The van der Waals surface area contributed by atoms with Crippen LogP contribution >= 0.6 is 11.6 Å². The molecule has 1 aromatic rings. The van der Waals surface area contributed by atoms with E-state index in [1.165, 1.54) is 0 Å². The van der Waals surface area contributed by atoms with Gasteiger partial charge in [0.2, 0.25) is 5.91 Å². The molecule has 2 atom stereocenters. The van der Waals surface area contributed by atoms with Crippen LogP contribution in [0.15, 0.2) is 24.3 Å². The molecule has 18 heavy (non-hydrogen) atoms. The van der Waals surface area contributed by atoms with Gasteiger partial charge in [-0.05, 0) is 24.1 Å². The van der Waals surface area contributed by atoms with Crippen molar-refractivity contribution in [2.24, 2.45) is 5.92 Å². The predicted molar refractivity (Wildman–Crippen MR) is 72.1 cm³/mol. The first-order chi connectivity index (χ1) is 8.72. The zero-order valence-corrected chi connectivity index (χ0v) is 11.1. The summed E-state index contributed by atoms with van der Waals surface area (Å²) in [6.07, 6.45) is 0.949. The molecule has 4 nitrogen and oxygen atoms in total. The Morgan fingerprint density at radius 3 is 2.83 bits per heavy atom. The van der Waals surface area contributed by atoms with E-state index in [1.807, 2.05) is 31.2 Å². The van der Waals surface area contributed by atoms with Crippen LogP contribution in [0.3, 0.4) is 0 Å². The number of carbonyl (C=O) groups excluding carboxylic acids is 1. The van der Waals surface area contributed by atoms with Gasteiger partial charge < -0.3 is 5.32 Å². The van der Waals surface area contributed by atoms with Gasteiger partial charge in [0, 0.05) is 18.1 Å². The molecule has 5 heteroatoms. The van der Waals surface area contributed by atoms with Gasteiger partial charge in [-0.3, -0.25) is 10.2 Å². The van der Waals surface area contributed by atoms with Crippen molar-refractivity contribution >= 4 is 17.5 Å². The van der Waals surface area contributed by atoms with E-state index in [2.05, 4.69) is 16.2 Å². The highest BCUT2D eigenvalue weighted by Crippen LogP contribution is 2.26. The number of rotatable bonds is 4. The van der Waals surface area contributed by atoms with E-state index < -0.39 is 0 Å². The number of hydrogen-bond acceptors (Lipinski definition) is 3. The van der Waals surface area contributed by atoms with Crippen molar-refractivity contribution in [3.63, 3.8) is 0 Å². The van der Waals surface area contributed by atoms with Crippen LogP contribution in [0.5, 0.6) is 0 Å². The second-order valence-corrected chi connectivity index (χ2v) is 4.89. The maximum atomic E-state index is 12.0. The lowest BCUT2D eigenvalue weighted by Crippen LogP contribution is -2.35. The summed E-state index contributed by atoms with van der Waals surface area (Å²) in [4.78, 5) is 12.0.